The fourth-order valence-corrected chi connectivity index (χ4v) is 5.16. The summed E-state index contributed by atoms with van der Waals surface area (Å²) in [5.74, 6) is 0. The Labute approximate surface area is 249 Å². The summed E-state index contributed by atoms with van der Waals surface area (Å²) in [6.07, 6.45) is 15.5. The minimum absolute atomic E-state index is 0. The molecule has 2 aromatic rings. The van der Waals surface area contributed by atoms with Gasteiger partial charge in [-0.15, -0.1) is 0 Å². The van der Waals surface area contributed by atoms with Crippen LogP contribution in [-0.4, -0.2) is 19.1 Å². The molecule has 1 unspecified atom stereocenters. The van der Waals surface area contributed by atoms with Crippen LogP contribution in [0.2, 0.25) is 0 Å². The first-order valence-corrected chi connectivity index (χ1v) is 14.1. The molecular weight excluding hydrogens is 471 g/mol. The van der Waals surface area contributed by atoms with Gasteiger partial charge in [0, 0.05) is 6.54 Å². The van der Waals surface area contributed by atoms with Gasteiger partial charge < -0.3 is 14.8 Å². The molecule has 34 heavy (non-hydrogen) atoms. The Balaban J connectivity index is 0.00000408. The third-order valence-corrected chi connectivity index (χ3v) is 7.37. The molecular formula is C27H39KN2O3S. The zero-order chi connectivity index (χ0) is 23.5. The summed E-state index contributed by atoms with van der Waals surface area (Å²) in [7, 11) is -4.47. The first-order valence-electron chi connectivity index (χ1n) is 12.7. The van der Waals surface area contributed by atoms with Crippen LogP contribution in [0.4, 0.5) is 11.4 Å². The Morgan fingerprint density at radius 3 is 2.03 bits per heavy atom. The zero-order valence-corrected chi connectivity index (χ0v) is 24.9. The van der Waals surface area contributed by atoms with Gasteiger partial charge in [0.2, 0.25) is 0 Å². The van der Waals surface area contributed by atoms with Crippen molar-refractivity contribution in [2.24, 2.45) is 0 Å². The summed E-state index contributed by atoms with van der Waals surface area (Å²) >= 11 is 0. The second-order valence-corrected chi connectivity index (χ2v) is 10.6. The average Bonchev–Trinajstić information content (AvgIpc) is 3.14. The fourth-order valence-electron chi connectivity index (χ4n) is 4.67. The van der Waals surface area contributed by atoms with E-state index in [0.717, 1.165) is 30.8 Å². The van der Waals surface area contributed by atoms with Gasteiger partial charge in [-0.25, -0.2) is 8.42 Å². The number of nitrogens with zero attached hydrogens (tertiary/aromatic N) is 1. The summed E-state index contributed by atoms with van der Waals surface area (Å²) in [5.41, 5.74) is 2.90. The standard InChI is InChI=1S/C27H40N2O3S.K/c1-2-3-4-5-6-7-8-9-10-11-15-18-27-28-25-21-24(33(30,31)32)19-20-26(25)29(27)22-23-16-13-12-14-17-23;/h12-14,16-17,19-21,27-28H,2-11,15,18,22H2,1H3,(H,30,31,32);/q;+1/p-1. The van der Waals surface area contributed by atoms with E-state index in [2.05, 4.69) is 29.3 Å². The van der Waals surface area contributed by atoms with Crippen molar-refractivity contribution >= 4 is 21.5 Å². The van der Waals surface area contributed by atoms with Crippen LogP contribution in [0.3, 0.4) is 0 Å². The van der Waals surface area contributed by atoms with E-state index in [9.17, 15) is 13.0 Å². The smallest absolute Gasteiger partial charge is 0.744 e. The SMILES string of the molecule is CCCCCCCCCCCCCC1Nc2cc(S(=O)(=O)[O-])ccc2N1Cc1ccccc1.[K+]. The minimum Gasteiger partial charge on any atom is -0.744 e. The predicted molar refractivity (Wildman–Crippen MR) is 136 cm³/mol. The molecule has 0 fully saturated rings. The minimum atomic E-state index is -4.47. The summed E-state index contributed by atoms with van der Waals surface area (Å²) in [6, 6.07) is 14.9. The number of anilines is 2. The molecule has 1 aliphatic rings. The molecule has 1 atom stereocenters. The van der Waals surface area contributed by atoms with Gasteiger partial charge in [-0.2, -0.15) is 0 Å². The fraction of sp³-hybridized carbons (Fsp3) is 0.556. The molecule has 2 aromatic carbocycles. The van der Waals surface area contributed by atoms with Crippen molar-refractivity contribution < 1.29 is 64.4 Å². The van der Waals surface area contributed by atoms with E-state index in [4.69, 9.17) is 0 Å². The van der Waals surface area contributed by atoms with Crippen LogP contribution in [0.25, 0.3) is 0 Å². The van der Waals surface area contributed by atoms with Crippen LogP contribution < -0.4 is 61.6 Å². The van der Waals surface area contributed by atoms with Crippen LogP contribution in [0.5, 0.6) is 0 Å². The summed E-state index contributed by atoms with van der Waals surface area (Å²) in [5, 5.41) is 3.48. The molecule has 0 spiro atoms. The average molecular weight is 511 g/mol. The van der Waals surface area contributed by atoms with Crippen LogP contribution in [0.1, 0.15) is 89.5 Å². The van der Waals surface area contributed by atoms with E-state index in [1.54, 1.807) is 6.07 Å². The Hall–Kier alpha value is -0.414. The van der Waals surface area contributed by atoms with Crippen LogP contribution in [-0.2, 0) is 16.7 Å². The van der Waals surface area contributed by atoms with Crippen molar-refractivity contribution in [3.05, 3.63) is 54.1 Å². The molecule has 0 bridgehead atoms. The molecule has 0 aliphatic carbocycles. The maximum atomic E-state index is 11.5. The molecule has 0 amide bonds. The molecule has 7 heteroatoms. The quantitative estimate of drug-likeness (QED) is 0.222. The molecule has 1 heterocycles. The zero-order valence-electron chi connectivity index (χ0n) is 21.0. The van der Waals surface area contributed by atoms with Crippen LogP contribution in [0.15, 0.2) is 53.4 Å². The van der Waals surface area contributed by atoms with E-state index in [-0.39, 0.29) is 62.4 Å². The molecule has 3 rings (SSSR count). The second-order valence-electron chi connectivity index (χ2n) is 9.23. The summed E-state index contributed by atoms with van der Waals surface area (Å²) < 4.78 is 34.4. The molecule has 1 N–H and O–H groups in total. The Kier molecular flexibility index (Phi) is 13.7. The number of unbranched alkanes of at least 4 members (excludes halogenated alkanes) is 10. The van der Waals surface area contributed by atoms with E-state index < -0.39 is 10.1 Å². The van der Waals surface area contributed by atoms with Gasteiger partial charge in [-0.1, -0.05) is 101 Å². The monoisotopic (exact) mass is 510 g/mol. The largest absolute Gasteiger partial charge is 1.00 e. The Morgan fingerprint density at radius 2 is 1.44 bits per heavy atom. The molecule has 5 nitrogen and oxygen atoms in total. The van der Waals surface area contributed by atoms with Crippen molar-refractivity contribution in [2.75, 3.05) is 10.2 Å². The number of nitrogens with one attached hydrogen (secondary N) is 1. The van der Waals surface area contributed by atoms with Gasteiger partial charge >= 0.3 is 51.4 Å². The van der Waals surface area contributed by atoms with Gasteiger partial charge in [0.1, 0.15) is 10.1 Å². The number of hydrogen-bond acceptors (Lipinski definition) is 5. The van der Waals surface area contributed by atoms with Crippen LogP contribution >= 0.6 is 0 Å². The number of hydrogen-bond donors (Lipinski definition) is 1. The number of benzene rings is 2. The molecule has 0 saturated heterocycles. The van der Waals surface area contributed by atoms with Crippen molar-refractivity contribution in [1.29, 1.82) is 0 Å². The number of fused-ring (bicyclic) bond motifs is 1. The Bertz CT molecular complexity index is 954. The second kappa shape index (κ2) is 15.6. The van der Waals surface area contributed by atoms with Gasteiger partial charge in [0.15, 0.2) is 0 Å². The topological polar surface area (TPSA) is 72.5 Å². The van der Waals surface area contributed by atoms with Gasteiger partial charge in [0.05, 0.1) is 22.4 Å². The van der Waals surface area contributed by atoms with Crippen molar-refractivity contribution in [3.63, 3.8) is 0 Å². The van der Waals surface area contributed by atoms with E-state index in [1.807, 2.05) is 18.2 Å². The maximum absolute atomic E-state index is 11.5. The van der Waals surface area contributed by atoms with Crippen LogP contribution in [0, 0.1) is 0 Å². The maximum Gasteiger partial charge on any atom is 1.00 e. The molecule has 0 aromatic heterocycles. The van der Waals surface area contributed by atoms with Crippen molar-refractivity contribution in [3.8, 4) is 0 Å². The molecule has 182 valence electrons. The van der Waals surface area contributed by atoms with Gasteiger partial charge in [0.25, 0.3) is 0 Å². The van der Waals surface area contributed by atoms with E-state index >= 15 is 0 Å². The summed E-state index contributed by atoms with van der Waals surface area (Å²) in [4.78, 5) is 2.12. The molecule has 0 saturated carbocycles. The molecule has 0 radical (unpaired) electrons. The first-order chi connectivity index (χ1) is 16.0. The van der Waals surface area contributed by atoms with E-state index in [0.29, 0.717) is 0 Å². The first kappa shape index (κ1) is 29.8. The third kappa shape index (κ3) is 9.56. The summed E-state index contributed by atoms with van der Waals surface area (Å²) in [6.45, 7) is 3.00. The normalized spacial score (nSPS) is 15.0. The predicted octanol–water partition coefficient (Wildman–Crippen LogP) is 4.05. The molecule has 1 aliphatic heterocycles. The van der Waals surface area contributed by atoms with Gasteiger partial charge in [-0.05, 0) is 36.6 Å². The Morgan fingerprint density at radius 1 is 0.853 bits per heavy atom. The van der Waals surface area contributed by atoms with Gasteiger partial charge in [-0.3, -0.25) is 0 Å². The van der Waals surface area contributed by atoms with E-state index in [1.165, 1.54) is 81.9 Å². The number of rotatable bonds is 15. The van der Waals surface area contributed by atoms with Crippen molar-refractivity contribution in [2.45, 2.75) is 102 Å². The van der Waals surface area contributed by atoms with Crippen molar-refractivity contribution in [1.82, 2.24) is 0 Å². The third-order valence-electron chi connectivity index (χ3n) is 6.54.